The fourth-order valence-corrected chi connectivity index (χ4v) is 1.56. The van der Waals surface area contributed by atoms with Gasteiger partial charge in [-0.1, -0.05) is 6.07 Å². The number of nitro groups is 1. The first-order valence-electron chi connectivity index (χ1n) is 5.44. The van der Waals surface area contributed by atoms with E-state index in [4.69, 9.17) is 10.0 Å². The van der Waals surface area contributed by atoms with E-state index >= 15 is 0 Å². The van der Waals surface area contributed by atoms with E-state index in [-0.39, 0.29) is 23.0 Å². The number of carbonyl (C=O) groups excluding carboxylic acids is 1. The van der Waals surface area contributed by atoms with Crippen molar-refractivity contribution in [3.8, 4) is 0 Å². The molecular weight excluding hydrogens is 239 g/mol. The van der Waals surface area contributed by atoms with Gasteiger partial charge in [0.05, 0.1) is 10.4 Å². The molecule has 1 aliphatic carbocycles. The average molecular weight is 250 g/mol. The third-order valence-corrected chi connectivity index (χ3v) is 2.68. The van der Waals surface area contributed by atoms with Crippen molar-refractivity contribution in [1.29, 1.82) is 0 Å². The Morgan fingerprint density at radius 1 is 1.44 bits per heavy atom. The van der Waals surface area contributed by atoms with Crippen LogP contribution < -0.4 is 10.8 Å². The second-order valence-corrected chi connectivity index (χ2v) is 4.15. The van der Waals surface area contributed by atoms with Crippen molar-refractivity contribution in [3.05, 3.63) is 33.9 Å². The second-order valence-electron chi connectivity index (χ2n) is 4.15. The number of rotatable bonds is 4. The minimum atomic E-state index is -1.94. The molecule has 3 N–H and O–H groups in total. The summed E-state index contributed by atoms with van der Waals surface area (Å²) in [6.07, 6.45) is 1.84. The highest BCUT2D eigenvalue weighted by molar-refractivity contribution is 6.60. The maximum absolute atomic E-state index is 11.7. The van der Waals surface area contributed by atoms with Crippen molar-refractivity contribution in [2.45, 2.75) is 18.9 Å². The molecule has 0 aliphatic heterocycles. The Hall–Kier alpha value is -1.93. The molecule has 0 bridgehead atoms. The molecule has 1 aliphatic rings. The quantitative estimate of drug-likeness (QED) is 0.366. The van der Waals surface area contributed by atoms with Gasteiger partial charge in [0.1, 0.15) is 0 Å². The van der Waals surface area contributed by atoms with Crippen molar-refractivity contribution in [2.24, 2.45) is 0 Å². The lowest BCUT2D eigenvalue weighted by molar-refractivity contribution is -0.383. The van der Waals surface area contributed by atoms with Crippen molar-refractivity contribution >= 4 is 24.2 Å². The van der Waals surface area contributed by atoms with Gasteiger partial charge in [-0.2, -0.15) is 0 Å². The van der Waals surface area contributed by atoms with E-state index in [9.17, 15) is 14.9 Å². The van der Waals surface area contributed by atoms with Gasteiger partial charge in [-0.05, 0) is 18.9 Å². The zero-order chi connectivity index (χ0) is 13.3. The number of carbonyl (C=O) groups is 1. The number of benzene rings is 1. The van der Waals surface area contributed by atoms with Crippen LogP contribution in [0, 0.1) is 10.1 Å². The molecule has 0 saturated heterocycles. The summed E-state index contributed by atoms with van der Waals surface area (Å²) in [5.41, 5.74) is -0.575. The Morgan fingerprint density at radius 2 is 2.11 bits per heavy atom. The van der Waals surface area contributed by atoms with Gasteiger partial charge < -0.3 is 15.4 Å². The fourth-order valence-electron chi connectivity index (χ4n) is 1.56. The molecule has 1 saturated carbocycles. The molecule has 8 heteroatoms. The van der Waals surface area contributed by atoms with E-state index in [0.29, 0.717) is 0 Å². The molecule has 0 spiro atoms. The fraction of sp³-hybridized carbons (Fsp3) is 0.300. The standard InChI is InChI=1S/C10H11BN2O5/c14-10(12-7-2-3-7)6-1-4-8(11(15)16)9(5-6)13(17)18/h1,4-5,7,15-16H,2-3H2,(H,12,14). The predicted molar refractivity (Wildman–Crippen MR) is 63.4 cm³/mol. The molecule has 7 nitrogen and oxygen atoms in total. The van der Waals surface area contributed by atoms with Gasteiger partial charge in [-0.15, -0.1) is 0 Å². The van der Waals surface area contributed by atoms with E-state index in [1.807, 2.05) is 0 Å². The number of nitro benzene ring substituents is 1. The van der Waals surface area contributed by atoms with Crippen LogP contribution in [0.2, 0.25) is 0 Å². The minimum Gasteiger partial charge on any atom is -0.423 e. The van der Waals surface area contributed by atoms with Crippen molar-refractivity contribution in [2.75, 3.05) is 0 Å². The third-order valence-electron chi connectivity index (χ3n) is 2.68. The van der Waals surface area contributed by atoms with Crippen LogP contribution in [0.25, 0.3) is 0 Å². The highest BCUT2D eigenvalue weighted by Crippen LogP contribution is 2.20. The summed E-state index contributed by atoms with van der Waals surface area (Å²) in [5.74, 6) is -0.389. The minimum absolute atomic E-state index is 0.137. The Labute approximate surface area is 103 Å². The largest absolute Gasteiger partial charge is 0.495 e. The average Bonchev–Trinajstić information content (AvgIpc) is 3.11. The van der Waals surface area contributed by atoms with E-state index in [0.717, 1.165) is 18.9 Å². The number of hydrogen-bond acceptors (Lipinski definition) is 5. The molecule has 0 heterocycles. The van der Waals surface area contributed by atoms with Crippen LogP contribution in [0.5, 0.6) is 0 Å². The molecule has 2 rings (SSSR count). The number of amides is 1. The molecule has 1 fully saturated rings. The smallest absolute Gasteiger partial charge is 0.423 e. The van der Waals surface area contributed by atoms with Crippen LogP contribution in [0.4, 0.5) is 5.69 Å². The van der Waals surface area contributed by atoms with Crippen LogP contribution in [-0.4, -0.2) is 34.0 Å². The molecule has 1 aromatic rings. The summed E-state index contributed by atoms with van der Waals surface area (Å²) in [7, 11) is -1.94. The van der Waals surface area contributed by atoms with Gasteiger partial charge in [0, 0.05) is 17.7 Å². The summed E-state index contributed by atoms with van der Waals surface area (Å²) in [5, 5.41) is 31.5. The zero-order valence-electron chi connectivity index (χ0n) is 9.37. The molecule has 94 valence electrons. The zero-order valence-corrected chi connectivity index (χ0v) is 9.37. The SMILES string of the molecule is O=C(NC1CC1)c1ccc(B(O)O)c([N+](=O)[O-])c1. The van der Waals surface area contributed by atoms with Crippen LogP contribution in [0.15, 0.2) is 18.2 Å². The molecule has 18 heavy (non-hydrogen) atoms. The predicted octanol–water partition coefficient (Wildman–Crippen LogP) is -0.833. The third kappa shape index (κ3) is 2.66. The van der Waals surface area contributed by atoms with Gasteiger partial charge >= 0.3 is 7.12 Å². The lowest BCUT2D eigenvalue weighted by Crippen LogP contribution is -2.33. The van der Waals surface area contributed by atoms with E-state index in [2.05, 4.69) is 5.32 Å². The van der Waals surface area contributed by atoms with E-state index in [1.165, 1.54) is 12.1 Å². The Kier molecular flexibility index (Phi) is 3.31. The van der Waals surface area contributed by atoms with Crippen LogP contribution in [0.3, 0.4) is 0 Å². The highest BCUT2D eigenvalue weighted by atomic mass is 16.6. The summed E-state index contributed by atoms with van der Waals surface area (Å²) in [6.45, 7) is 0. The summed E-state index contributed by atoms with van der Waals surface area (Å²) >= 11 is 0. The molecule has 0 unspecified atom stereocenters. The van der Waals surface area contributed by atoms with Gasteiger partial charge in [0.15, 0.2) is 0 Å². The van der Waals surface area contributed by atoms with Crippen molar-refractivity contribution in [1.82, 2.24) is 5.32 Å². The number of nitrogens with zero attached hydrogens (tertiary/aromatic N) is 1. The van der Waals surface area contributed by atoms with Gasteiger partial charge in [-0.3, -0.25) is 14.9 Å². The molecule has 1 amide bonds. The first kappa shape index (κ1) is 12.5. The van der Waals surface area contributed by atoms with Gasteiger partial charge in [0.2, 0.25) is 0 Å². The van der Waals surface area contributed by atoms with Crippen LogP contribution >= 0.6 is 0 Å². The molecule has 0 atom stereocenters. The normalized spacial score (nSPS) is 14.1. The monoisotopic (exact) mass is 250 g/mol. The topological polar surface area (TPSA) is 113 Å². The summed E-state index contributed by atoms with van der Waals surface area (Å²) < 4.78 is 0. The maximum atomic E-state index is 11.7. The Morgan fingerprint density at radius 3 is 2.61 bits per heavy atom. The van der Waals surface area contributed by atoms with Crippen LogP contribution in [-0.2, 0) is 0 Å². The van der Waals surface area contributed by atoms with Crippen LogP contribution in [0.1, 0.15) is 23.2 Å². The van der Waals surface area contributed by atoms with E-state index in [1.54, 1.807) is 0 Å². The lowest BCUT2D eigenvalue weighted by atomic mass is 9.78. The summed E-state index contributed by atoms with van der Waals surface area (Å²) in [6, 6.07) is 3.70. The second kappa shape index (κ2) is 4.75. The molecular formula is C10H11BN2O5. The van der Waals surface area contributed by atoms with E-state index < -0.39 is 17.7 Å². The van der Waals surface area contributed by atoms with Crippen molar-refractivity contribution in [3.63, 3.8) is 0 Å². The first-order valence-corrected chi connectivity index (χ1v) is 5.44. The first-order chi connectivity index (χ1) is 8.49. The number of hydrogen-bond donors (Lipinski definition) is 3. The maximum Gasteiger partial charge on any atom is 0.495 e. The number of nitrogens with one attached hydrogen (secondary N) is 1. The molecule has 0 radical (unpaired) electrons. The Balaban J connectivity index is 2.29. The van der Waals surface area contributed by atoms with Gasteiger partial charge in [-0.25, -0.2) is 0 Å². The highest BCUT2D eigenvalue weighted by Gasteiger charge is 2.27. The van der Waals surface area contributed by atoms with Gasteiger partial charge in [0.25, 0.3) is 11.6 Å². The lowest BCUT2D eigenvalue weighted by Gasteiger charge is -2.06. The summed E-state index contributed by atoms with van der Waals surface area (Å²) in [4.78, 5) is 21.7. The molecule has 0 aromatic heterocycles. The Bertz CT molecular complexity index is 501. The molecule has 1 aromatic carbocycles. The van der Waals surface area contributed by atoms with Crippen molar-refractivity contribution < 1.29 is 19.8 Å².